The van der Waals surface area contributed by atoms with Crippen LogP contribution < -0.4 is 5.32 Å². The van der Waals surface area contributed by atoms with Crippen LogP contribution in [0.4, 0.5) is 0 Å². The summed E-state index contributed by atoms with van der Waals surface area (Å²) in [5.74, 6) is 1.02. The normalized spacial score (nSPS) is 12.9. The molecule has 2 heterocycles. The minimum atomic E-state index is 0.181. The quantitative estimate of drug-likeness (QED) is 0.916. The van der Waals surface area contributed by atoms with Crippen molar-refractivity contribution in [3.05, 3.63) is 40.1 Å². The Labute approximate surface area is 118 Å². The number of halogens is 1. The summed E-state index contributed by atoms with van der Waals surface area (Å²) in [5.41, 5.74) is 3.11. The second-order valence-electron chi connectivity index (χ2n) is 4.67. The molecule has 0 aliphatic rings. The van der Waals surface area contributed by atoms with Crippen molar-refractivity contribution in [2.45, 2.75) is 32.7 Å². The van der Waals surface area contributed by atoms with Gasteiger partial charge in [0.05, 0.1) is 22.7 Å². The molecule has 0 spiro atoms. The molecule has 1 unspecified atom stereocenters. The standard InChI is InChI=1S/C14H20ClN3O/c1-5-13-10(6-7-19-13)11(16-3)8-12-14(15)9(2)17-18(12)4/h6-7,11,16H,5,8H2,1-4H3. The van der Waals surface area contributed by atoms with Gasteiger partial charge in [0.2, 0.25) is 0 Å². The van der Waals surface area contributed by atoms with Gasteiger partial charge in [0.15, 0.2) is 0 Å². The van der Waals surface area contributed by atoms with Gasteiger partial charge in [-0.1, -0.05) is 18.5 Å². The topological polar surface area (TPSA) is 43.0 Å². The molecule has 0 saturated carbocycles. The third-order valence-electron chi connectivity index (χ3n) is 3.48. The van der Waals surface area contributed by atoms with Gasteiger partial charge < -0.3 is 9.73 Å². The van der Waals surface area contributed by atoms with Gasteiger partial charge in [-0.15, -0.1) is 0 Å². The Kier molecular flexibility index (Phi) is 4.32. The molecule has 1 N–H and O–H groups in total. The number of likely N-dealkylation sites (N-methyl/N-ethyl adjacent to an activating group) is 1. The molecule has 0 aliphatic heterocycles. The van der Waals surface area contributed by atoms with E-state index in [1.54, 1.807) is 6.26 Å². The molecular formula is C14H20ClN3O. The molecule has 1 atom stereocenters. The summed E-state index contributed by atoms with van der Waals surface area (Å²) in [6, 6.07) is 2.21. The second kappa shape index (κ2) is 5.80. The number of hydrogen-bond acceptors (Lipinski definition) is 3. The highest BCUT2D eigenvalue weighted by Gasteiger charge is 2.20. The van der Waals surface area contributed by atoms with Crippen molar-refractivity contribution in [1.82, 2.24) is 15.1 Å². The summed E-state index contributed by atoms with van der Waals surface area (Å²) < 4.78 is 7.36. The van der Waals surface area contributed by atoms with Crippen molar-refractivity contribution >= 4 is 11.6 Å². The molecule has 104 valence electrons. The minimum Gasteiger partial charge on any atom is -0.469 e. The Morgan fingerprint density at radius 2 is 2.26 bits per heavy atom. The predicted octanol–water partition coefficient (Wildman–Crippen LogP) is 3.04. The van der Waals surface area contributed by atoms with E-state index in [0.717, 1.165) is 35.0 Å². The van der Waals surface area contributed by atoms with Gasteiger partial charge >= 0.3 is 0 Å². The molecule has 0 amide bonds. The summed E-state index contributed by atoms with van der Waals surface area (Å²) in [5, 5.41) is 8.44. The molecule has 19 heavy (non-hydrogen) atoms. The maximum Gasteiger partial charge on any atom is 0.108 e. The Bertz CT molecular complexity index is 559. The predicted molar refractivity (Wildman–Crippen MR) is 76.5 cm³/mol. The Morgan fingerprint density at radius 3 is 2.79 bits per heavy atom. The van der Waals surface area contributed by atoms with Crippen LogP contribution in [0.2, 0.25) is 5.02 Å². The summed E-state index contributed by atoms with van der Waals surface area (Å²) >= 11 is 6.32. The fourth-order valence-corrected chi connectivity index (χ4v) is 2.65. The van der Waals surface area contributed by atoms with Crippen LogP contribution in [0.1, 0.15) is 35.7 Å². The maximum absolute atomic E-state index is 6.32. The van der Waals surface area contributed by atoms with Gasteiger partial charge in [-0.25, -0.2) is 0 Å². The van der Waals surface area contributed by atoms with Crippen molar-refractivity contribution in [3.8, 4) is 0 Å². The van der Waals surface area contributed by atoms with Gasteiger partial charge in [-0.3, -0.25) is 4.68 Å². The zero-order valence-electron chi connectivity index (χ0n) is 11.8. The van der Waals surface area contributed by atoms with Crippen LogP contribution in [0.25, 0.3) is 0 Å². The van der Waals surface area contributed by atoms with E-state index in [1.807, 2.05) is 31.8 Å². The largest absolute Gasteiger partial charge is 0.469 e. The molecule has 0 radical (unpaired) electrons. The van der Waals surface area contributed by atoms with E-state index >= 15 is 0 Å². The van der Waals surface area contributed by atoms with Crippen molar-refractivity contribution in [3.63, 3.8) is 0 Å². The van der Waals surface area contributed by atoms with Gasteiger partial charge in [0, 0.05) is 31.5 Å². The van der Waals surface area contributed by atoms with E-state index in [0.29, 0.717) is 0 Å². The average Bonchev–Trinajstić information content (AvgIpc) is 2.95. The van der Waals surface area contributed by atoms with Crippen molar-refractivity contribution < 1.29 is 4.42 Å². The maximum atomic E-state index is 6.32. The molecule has 0 fully saturated rings. The van der Waals surface area contributed by atoms with E-state index in [4.69, 9.17) is 16.0 Å². The number of nitrogens with one attached hydrogen (secondary N) is 1. The third kappa shape index (κ3) is 2.69. The van der Waals surface area contributed by atoms with Crippen molar-refractivity contribution in [2.24, 2.45) is 7.05 Å². The lowest BCUT2D eigenvalue weighted by Crippen LogP contribution is -2.21. The van der Waals surface area contributed by atoms with E-state index in [9.17, 15) is 0 Å². The molecule has 0 aromatic carbocycles. The molecule has 2 rings (SSSR count). The van der Waals surface area contributed by atoms with Crippen LogP contribution in [0.5, 0.6) is 0 Å². The van der Waals surface area contributed by atoms with Crippen molar-refractivity contribution in [2.75, 3.05) is 7.05 Å². The zero-order valence-corrected chi connectivity index (χ0v) is 12.6. The molecule has 0 aliphatic carbocycles. The third-order valence-corrected chi connectivity index (χ3v) is 3.98. The lowest BCUT2D eigenvalue weighted by Gasteiger charge is -2.16. The van der Waals surface area contributed by atoms with Crippen LogP contribution in [0.15, 0.2) is 16.7 Å². The summed E-state index contributed by atoms with van der Waals surface area (Å²) in [6.45, 7) is 4.02. The van der Waals surface area contributed by atoms with Crippen LogP contribution in [-0.2, 0) is 19.9 Å². The number of aryl methyl sites for hydroxylation is 3. The van der Waals surface area contributed by atoms with Gasteiger partial charge in [-0.2, -0.15) is 5.10 Å². The molecule has 5 heteroatoms. The monoisotopic (exact) mass is 281 g/mol. The van der Waals surface area contributed by atoms with E-state index in [-0.39, 0.29) is 6.04 Å². The number of aromatic nitrogens is 2. The number of rotatable bonds is 5. The van der Waals surface area contributed by atoms with Gasteiger partial charge in [-0.05, 0) is 20.0 Å². The Hall–Kier alpha value is -1.26. The van der Waals surface area contributed by atoms with E-state index in [1.165, 1.54) is 5.56 Å². The average molecular weight is 282 g/mol. The number of hydrogen-bond donors (Lipinski definition) is 1. The van der Waals surface area contributed by atoms with E-state index in [2.05, 4.69) is 17.3 Å². The Morgan fingerprint density at radius 1 is 1.53 bits per heavy atom. The second-order valence-corrected chi connectivity index (χ2v) is 5.05. The zero-order chi connectivity index (χ0) is 14.0. The minimum absolute atomic E-state index is 0.181. The number of furan rings is 1. The van der Waals surface area contributed by atoms with Crippen molar-refractivity contribution in [1.29, 1.82) is 0 Å². The highest BCUT2D eigenvalue weighted by atomic mass is 35.5. The number of nitrogens with zero attached hydrogens (tertiary/aromatic N) is 2. The first-order valence-electron chi connectivity index (χ1n) is 6.50. The fourth-order valence-electron chi connectivity index (χ4n) is 2.41. The molecular weight excluding hydrogens is 262 g/mol. The van der Waals surface area contributed by atoms with Crippen LogP contribution in [-0.4, -0.2) is 16.8 Å². The van der Waals surface area contributed by atoms with E-state index < -0.39 is 0 Å². The first-order valence-corrected chi connectivity index (χ1v) is 6.87. The molecule has 2 aromatic rings. The van der Waals surface area contributed by atoms with Gasteiger partial charge in [0.1, 0.15) is 5.76 Å². The smallest absolute Gasteiger partial charge is 0.108 e. The lowest BCUT2D eigenvalue weighted by atomic mass is 10.0. The lowest BCUT2D eigenvalue weighted by molar-refractivity contribution is 0.491. The molecule has 0 bridgehead atoms. The summed E-state index contributed by atoms with van der Waals surface area (Å²) in [6.07, 6.45) is 3.42. The SMILES string of the molecule is CCc1occc1C(Cc1c(Cl)c(C)nn1C)NC. The van der Waals surface area contributed by atoms with Crippen LogP contribution in [0.3, 0.4) is 0 Å². The summed E-state index contributed by atoms with van der Waals surface area (Å²) in [7, 11) is 3.88. The first-order chi connectivity index (χ1) is 9.08. The van der Waals surface area contributed by atoms with Gasteiger partial charge in [0.25, 0.3) is 0 Å². The fraction of sp³-hybridized carbons (Fsp3) is 0.500. The van der Waals surface area contributed by atoms with Crippen LogP contribution in [0, 0.1) is 6.92 Å². The highest BCUT2D eigenvalue weighted by Crippen LogP contribution is 2.27. The highest BCUT2D eigenvalue weighted by molar-refractivity contribution is 6.31. The van der Waals surface area contributed by atoms with Crippen LogP contribution >= 0.6 is 11.6 Å². The first kappa shape index (κ1) is 14.2. The molecule has 0 saturated heterocycles. The Balaban J connectivity index is 2.29. The molecule has 4 nitrogen and oxygen atoms in total. The summed E-state index contributed by atoms with van der Waals surface area (Å²) in [4.78, 5) is 0. The molecule has 2 aromatic heterocycles.